The molecule has 0 saturated carbocycles. The van der Waals surface area contributed by atoms with Gasteiger partial charge >= 0.3 is 18.8 Å². The number of thioether (sulfide) groups is 2. The molecule has 0 fully saturated rings. The Morgan fingerprint density at radius 2 is 1.11 bits per heavy atom. The number of halogens is 4. The van der Waals surface area contributed by atoms with E-state index >= 15 is 0 Å². The van der Waals surface area contributed by atoms with Crippen molar-refractivity contribution in [1.29, 1.82) is 0 Å². The first-order valence-corrected chi connectivity index (χ1v) is 10.8. The van der Waals surface area contributed by atoms with Crippen LogP contribution < -0.4 is 0 Å². The molecule has 3 rings (SSSR count). The molecule has 2 aromatic carbocycles. The Kier molecular flexibility index (Phi) is 8.01. The van der Waals surface area contributed by atoms with Crippen LogP contribution in [0.15, 0.2) is 74.9 Å². The lowest BCUT2D eigenvalue weighted by atomic mass is 10.0. The highest BCUT2D eigenvalue weighted by atomic mass is 32.2. The van der Waals surface area contributed by atoms with Gasteiger partial charge in [0.25, 0.3) is 0 Å². The standard InChI is InChI=1S/C20H19OS2.BF4/c1-14-12-17(15-4-8-18(22-2)9-5-15)13-20(21-14)16-6-10-19(23-3)11-7-16;2-1(3,4)5/h4-13H,1-3H3;/q+1;-1. The molecule has 0 unspecified atom stereocenters. The van der Waals surface area contributed by atoms with E-state index in [1.807, 2.05) is 6.92 Å². The summed E-state index contributed by atoms with van der Waals surface area (Å²) in [6.45, 7) is 2.00. The van der Waals surface area contributed by atoms with Crippen molar-refractivity contribution < 1.29 is 21.7 Å². The van der Waals surface area contributed by atoms with E-state index in [0.29, 0.717) is 0 Å². The molecule has 1 nitrogen and oxygen atoms in total. The van der Waals surface area contributed by atoms with Gasteiger partial charge in [-0.3, -0.25) is 0 Å². The summed E-state index contributed by atoms with van der Waals surface area (Å²) in [6, 6.07) is 21.4. The van der Waals surface area contributed by atoms with Crippen molar-refractivity contribution in [3.05, 3.63) is 66.4 Å². The van der Waals surface area contributed by atoms with E-state index < -0.39 is 7.25 Å². The summed E-state index contributed by atoms with van der Waals surface area (Å²) in [7, 11) is -6.00. The highest BCUT2D eigenvalue weighted by Gasteiger charge is 2.20. The second kappa shape index (κ2) is 10.0. The van der Waals surface area contributed by atoms with Crippen molar-refractivity contribution in [1.82, 2.24) is 0 Å². The van der Waals surface area contributed by atoms with Crippen molar-refractivity contribution in [2.75, 3.05) is 12.5 Å². The zero-order valence-corrected chi connectivity index (χ0v) is 17.2. The van der Waals surface area contributed by atoms with Crippen molar-refractivity contribution in [2.45, 2.75) is 16.7 Å². The van der Waals surface area contributed by atoms with E-state index in [-0.39, 0.29) is 0 Å². The predicted octanol–water partition coefficient (Wildman–Crippen LogP) is 7.95. The number of aryl methyl sites for hydroxylation is 1. The SMILES string of the molecule is CSc1ccc(-c2cc(C)[o+]c(-c3ccc(SC)cc3)c2)cc1.F[B-](F)(F)F. The predicted molar refractivity (Wildman–Crippen MR) is 112 cm³/mol. The van der Waals surface area contributed by atoms with Crippen LogP contribution in [0.2, 0.25) is 0 Å². The third kappa shape index (κ3) is 7.24. The third-order valence-corrected chi connectivity index (χ3v) is 5.20. The second-order valence-corrected chi connectivity index (χ2v) is 7.53. The molecule has 0 amide bonds. The normalized spacial score (nSPS) is 11.0. The molecule has 3 aromatic rings. The van der Waals surface area contributed by atoms with E-state index in [4.69, 9.17) is 4.42 Å². The zero-order chi connectivity index (χ0) is 20.7. The molecule has 1 aromatic heterocycles. The van der Waals surface area contributed by atoms with Crippen LogP contribution in [0.4, 0.5) is 17.3 Å². The van der Waals surface area contributed by atoms with Gasteiger partial charge in [-0.2, -0.15) is 0 Å². The summed E-state index contributed by atoms with van der Waals surface area (Å²) < 4.78 is 44.9. The highest BCUT2D eigenvalue weighted by Crippen LogP contribution is 2.30. The molecule has 148 valence electrons. The maximum absolute atomic E-state index is 9.75. The van der Waals surface area contributed by atoms with Crippen LogP contribution in [0.25, 0.3) is 22.5 Å². The van der Waals surface area contributed by atoms with Gasteiger partial charge in [-0.15, -0.1) is 23.5 Å². The molecule has 0 bridgehead atoms. The van der Waals surface area contributed by atoms with Gasteiger partial charge in [0.2, 0.25) is 0 Å². The summed E-state index contributed by atoms with van der Waals surface area (Å²) in [5, 5.41) is 0. The lowest BCUT2D eigenvalue weighted by Gasteiger charge is -2.03. The van der Waals surface area contributed by atoms with Gasteiger partial charge in [-0.1, -0.05) is 12.1 Å². The maximum atomic E-state index is 9.75. The fourth-order valence-corrected chi connectivity index (χ4v) is 3.30. The van der Waals surface area contributed by atoms with Gasteiger partial charge in [0.15, 0.2) is 0 Å². The van der Waals surface area contributed by atoms with Crippen LogP contribution in [0.5, 0.6) is 0 Å². The molecule has 0 atom stereocenters. The van der Waals surface area contributed by atoms with Crippen LogP contribution in [0.1, 0.15) is 5.76 Å². The fourth-order valence-electron chi connectivity index (χ4n) is 2.48. The van der Waals surface area contributed by atoms with Crippen LogP contribution in [0.3, 0.4) is 0 Å². The Bertz CT molecular complexity index is 826. The van der Waals surface area contributed by atoms with Gasteiger partial charge in [-0.05, 0) is 54.5 Å². The van der Waals surface area contributed by atoms with E-state index in [1.54, 1.807) is 23.5 Å². The Balaban J connectivity index is 0.000000500. The maximum Gasteiger partial charge on any atom is 0.673 e. The second-order valence-electron chi connectivity index (χ2n) is 5.77. The summed E-state index contributed by atoms with van der Waals surface area (Å²) in [4.78, 5) is 2.54. The Morgan fingerprint density at radius 3 is 1.54 bits per heavy atom. The summed E-state index contributed by atoms with van der Waals surface area (Å²) in [6.07, 6.45) is 4.18. The average Bonchev–Trinajstić information content (AvgIpc) is 2.66. The topological polar surface area (TPSA) is 11.3 Å². The lowest BCUT2D eigenvalue weighted by molar-refractivity contribution is 0.368. The molecule has 0 saturated heterocycles. The summed E-state index contributed by atoms with van der Waals surface area (Å²) in [5.41, 5.74) is 3.50. The number of hydrogen-bond donors (Lipinski definition) is 0. The Hall–Kier alpha value is -1.93. The summed E-state index contributed by atoms with van der Waals surface area (Å²) >= 11 is 3.51. The van der Waals surface area contributed by atoms with Gasteiger partial charge in [0.05, 0.1) is 18.6 Å². The van der Waals surface area contributed by atoms with Gasteiger partial charge in [0, 0.05) is 21.4 Å². The zero-order valence-electron chi connectivity index (χ0n) is 15.6. The molecule has 0 aliphatic heterocycles. The van der Waals surface area contributed by atoms with Crippen LogP contribution in [-0.2, 0) is 0 Å². The first-order valence-electron chi connectivity index (χ1n) is 8.30. The van der Waals surface area contributed by atoms with E-state index in [0.717, 1.165) is 17.1 Å². The van der Waals surface area contributed by atoms with Crippen molar-refractivity contribution in [3.8, 4) is 22.5 Å². The van der Waals surface area contributed by atoms with Gasteiger partial charge in [-0.25, -0.2) is 4.42 Å². The Morgan fingerprint density at radius 1 is 0.679 bits per heavy atom. The van der Waals surface area contributed by atoms with Crippen LogP contribution in [0, 0.1) is 6.92 Å². The molecule has 8 heteroatoms. The van der Waals surface area contributed by atoms with E-state index in [1.165, 1.54) is 20.9 Å². The van der Waals surface area contributed by atoms with E-state index in [2.05, 4.69) is 73.2 Å². The smallest absolute Gasteiger partial charge is 0.418 e. The number of rotatable bonds is 4. The first-order chi connectivity index (χ1) is 13.2. The van der Waals surface area contributed by atoms with Crippen molar-refractivity contribution in [2.24, 2.45) is 0 Å². The molecule has 28 heavy (non-hydrogen) atoms. The minimum absolute atomic E-state index is 0.904. The van der Waals surface area contributed by atoms with Gasteiger partial charge in [0.1, 0.15) is 0 Å². The van der Waals surface area contributed by atoms with Crippen LogP contribution >= 0.6 is 23.5 Å². The molecule has 1 heterocycles. The largest absolute Gasteiger partial charge is 0.673 e. The van der Waals surface area contributed by atoms with Crippen LogP contribution in [-0.4, -0.2) is 19.8 Å². The highest BCUT2D eigenvalue weighted by molar-refractivity contribution is 7.98. The lowest BCUT2D eigenvalue weighted by Crippen LogP contribution is -2.02. The number of hydrogen-bond acceptors (Lipinski definition) is 2. The monoisotopic (exact) mass is 426 g/mol. The molecule has 0 radical (unpaired) electrons. The molecular weight excluding hydrogens is 407 g/mol. The molecule has 0 aliphatic carbocycles. The first kappa shape index (κ1) is 22.4. The van der Waals surface area contributed by atoms with Gasteiger partial charge < -0.3 is 17.3 Å². The molecule has 0 spiro atoms. The quantitative estimate of drug-likeness (QED) is 0.182. The third-order valence-electron chi connectivity index (χ3n) is 3.71. The molecule has 0 N–H and O–H groups in total. The summed E-state index contributed by atoms with van der Waals surface area (Å²) in [5.74, 6) is 1.82. The minimum atomic E-state index is -6.00. The fraction of sp³-hybridized carbons (Fsp3) is 0.150. The van der Waals surface area contributed by atoms with Crippen molar-refractivity contribution >= 4 is 30.8 Å². The average molecular weight is 426 g/mol. The van der Waals surface area contributed by atoms with Crippen molar-refractivity contribution in [3.63, 3.8) is 0 Å². The Labute approximate surface area is 170 Å². The molecular formula is C20H19BF4OS2. The molecule has 0 aliphatic rings. The van der Waals surface area contributed by atoms with E-state index in [9.17, 15) is 17.3 Å². The number of benzene rings is 2. The minimum Gasteiger partial charge on any atom is -0.418 e.